The van der Waals surface area contributed by atoms with Gasteiger partial charge in [0, 0.05) is 15.8 Å². The molecule has 3 rings (SSSR count). The Morgan fingerprint density at radius 1 is 1.12 bits per heavy atom. The van der Waals surface area contributed by atoms with Gasteiger partial charge in [0.15, 0.2) is 0 Å². The maximum atomic E-state index is 13.7. The third-order valence-corrected chi connectivity index (χ3v) is 4.91. The smallest absolute Gasteiger partial charge is 0.261 e. The van der Waals surface area contributed by atoms with Gasteiger partial charge in [-0.25, -0.2) is 4.39 Å². The SMILES string of the molecule is CCc1ccccc1NC(=O)CNC(=O)c1cc2c(F)cccc2s1. The predicted molar refractivity (Wildman–Crippen MR) is 98.6 cm³/mol. The Kier molecular flexibility index (Phi) is 5.09. The molecule has 4 nitrogen and oxygen atoms in total. The van der Waals surface area contributed by atoms with Gasteiger partial charge in [0.2, 0.25) is 5.91 Å². The van der Waals surface area contributed by atoms with Gasteiger partial charge >= 0.3 is 0 Å². The summed E-state index contributed by atoms with van der Waals surface area (Å²) >= 11 is 1.20. The van der Waals surface area contributed by atoms with E-state index in [0.29, 0.717) is 15.0 Å². The first kappa shape index (κ1) is 17.1. The zero-order valence-electron chi connectivity index (χ0n) is 13.6. The third-order valence-electron chi connectivity index (χ3n) is 3.81. The van der Waals surface area contributed by atoms with Crippen molar-refractivity contribution in [2.45, 2.75) is 13.3 Å². The summed E-state index contributed by atoms with van der Waals surface area (Å²) in [4.78, 5) is 24.6. The third kappa shape index (κ3) is 3.85. The highest BCUT2D eigenvalue weighted by atomic mass is 32.1. The highest BCUT2D eigenvalue weighted by Crippen LogP contribution is 2.27. The number of fused-ring (bicyclic) bond motifs is 1. The van der Waals surface area contributed by atoms with E-state index in [4.69, 9.17) is 0 Å². The molecule has 2 amide bonds. The second-order valence-corrected chi connectivity index (χ2v) is 6.59. The van der Waals surface area contributed by atoms with Gasteiger partial charge < -0.3 is 10.6 Å². The Morgan fingerprint density at radius 3 is 2.68 bits per heavy atom. The number of para-hydroxylation sites is 1. The molecule has 3 aromatic rings. The summed E-state index contributed by atoms with van der Waals surface area (Å²) in [5.74, 6) is -1.05. The zero-order valence-corrected chi connectivity index (χ0v) is 14.5. The summed E-state index contributed by atoms with van der Waals surface area (Å²) in [7, 11) is 0. The van der Waals surface area contributed by atoms with E-state index in [1.54, 1.807) is 12.1 Å². The van der Waals surface area contributed by atoms with Crippen LogP contribution in [0.15, 0.2) is 48.5 Å². The van der Waals surface area contributed by atoms with E-state index in [1.165, 1.54) is 23.5 Å². The van der Waals surface area contributed by atoms with Gasteiger partial charge in [-0.2, -0.15) is 0 Å². The second kappa shape index (κ2) is 7.44. The maximum absolute atomic E-state index is 13.7. The molecule has 0 spiro atoms. The summed E-state index contributed by atoms with van der Waals surface area (Å²) in [5.41, 5.74) is 1.77. The molecule has 2 N–H and O–H groups in total. The molecular formula is C19H17FN2O2S. The van der Waals surface area contributed by atoms with E-state index >= 15 is 0 Å². The van der Waals surface area contributed by atoms with Crippen LogP contribution in [0.25, 0.3) is 10.1 Å². The highest BCUT2D eigenvalue weighted by Gasteiger charge is 2.14. The van der Waals surface area contributed by atoms with E-state index in [1.807, 2.05) is 31.2 Å². The van der Waals surface area contributed by atoms with Crippen LogP contribution in [0, 0.1) is 5.82 Å². The van der Waals surface area contributed by atoms with E-state index in [2.05, 4.69) is 10.6 Å². The fourth-order valence-electron chi connectivity index (χ4n) is 2.53. The van der Waals surface area contributed by atoms with Gasteiger partial charge in [-0.3, -0.25) is 9.59 Å². The highest BCUT2D eigenvalue weighted by molar-refractivity contribution is 7.20. The molecule has 0 aliphatic rings. The number of benzene rings is 2. The number of carbonyl (C=O) groups excluding carboxylic acids is 2. The average molecular weight is 356 g/mol. The lowest BCUT2D eigenvalue weighted by Crippen LogP contribution is -2.32. The number of amides is 2. The van der Waals surface area contributed by atoms with Crippen LogP contribution in [-0.2, 0) is 11.2 Å². The minimum atomic E-state index is -0.389. The van der Waals surface area contributed by atoms with Crippen molar-refractivity contribution in [3.63, 3.8) is 0 Å². The number of aryl methyl sites for hydroxylation is 1. The first-order valence-electron chi connectivity index (χ1n) is 7.92. The topological polar surface area (TPSA) is 58.2 Å². The molecule has 0 fully saturated rings. The fraction of sp³-hybridized carbons (Fsp3) is 0.158. The van der Waals surface area contributed by atoms with Gasteiger partial charge in [0.1, 0.15) is 5.82 Å². The molecule has 0 atom stereocenters. The number of thiophene rings is 1. The van der Waals surface area contributed by atoms with Crippen LogP contribution in [0.1, 0.15) is 22.2 Å². The number of carbonyl (C=O) groups is 2. The summed E-state index contributed by atoms with van der Waals surface area (Å²) in [5, 5.41) is 5.78. The first-order chi connectivity index (χ1) is 12.1. The van der Waals surface area contributed by atoms with Crippen molar-refractivity contribution >= 4 is 38.9 Å². The molecule has 6 heteroatoms. The second-order valence-electron chi connectivity index (χ2n) is 5.50. The Labute approximate surface area is 148 Å². The molecule has 0 aliphatic carbocycles. The lowest BCUT2D eigenvalue weighted by molar-refractivity contribution is -0.115. The van der Waals surface area contributed by atoms with Gasteiger partial charge in [-0.05, 0) is 36.2 Å². The van der Waals surface area contributed by atoms with Crippen LogP contribution in [0.2, 0.25) is 0 Å². The van der Waals surface area contributed by atoms with Gasteiger partial charge in [-0.15, -0.1) is 11.3 Å². The van der Waals surface area contributed by atoms with Crippen molar-refractivity contribution in [3.05, 3.63) is 64.8 Å². The summed E-state index contributed by atoms with van der Waals surface area (Å²) in [6.07, 6.45) is 0.802. The largest absolute Gasteiger partial charge is 0.342 e. The van der Waals surface area contributed by atoms with Gasteiger partial charge in [0.25, 0.3) is 5.91 Å². The van der Waals surface area contributed by atoms with Crippen molar-refractivity contribution in [2.75, 3.05) is 11.9 Å². The number of hydrogen-bond acceptors (Lipinski definition) is 3. The van der Waals surface area contributed by atoms with E-state index in [0.717, 1.165) is 17.7 Å². The summed E-state index contributed by atoms with van der Waals surface area (Å²) in [6, 6.07) is 13.8. The number of halogens is 1. The number of anilines is 1. The van der Waals surface area contributed by atoms with Crippen LogP contribution in [-0.4, -0.2) is 18.4 Å². The molecule has 1 aromatic heterocycles. The molecular weight excluding hydrogens is 339 g/mol. The molecule has 0 aliphatic heterocycles. The standard InChI is InChI=1S/C19H17FN2O2S/c1-2-12-6-3-4-8-15(12)22-18(23)11-21-19(24)17-10-13-14(20)7-5-9-16(13)25-17/h3-10H,2,11H2,1H3,(H,21,24)(H,22,23). The Hall–Kier alpha value is -2.73. The molecule has 0 saturated carbocycles. The van der Waals surface area contributed by atoms with Crippen LogP contribution in [0.3, 0.4) is 0 Å². The average Bonchev–Trinajstić information content (AvgIpc) is 3.06. The number of nitrogens with one attached hydrogen (secondary N) is 2. The molecule has 0 saturated heterocycles. The lowest BCUT2D eigenvalue weighted by atomic mass is 10.1. The Balaban J connectivity index is 1.63. The summed E-state index contributed by atoms with van der Waals surface area (Å²) < 4.78 is 14.4. The molecule has 25 heavy (non-hydrogen) atoms. The fourth-order valence-corrected chi connectivity index (χ4v) is 3.52. The predicted octanol–water partition coefficient (Wildman–Crippen LogP) is 3.97. The Bertz CT molecular complexity index is 936. The van der Waals surface area contributed by atoms with Crippen molar-refractivity contribution in [2.24, 2.45) is 0 Å². The lowest BCUT2D eigenvalue weighted by Gasteiger charge is -2.10. The summed E-state index contributed by atoms with van der Waals surface area (Å²) in [6.45, 7) is 1.86. The van der Waals surface area contributed by atoms with E-state index < -0.39 is 0 Å². The zero-order chi connectivity index (χ0) is 17.8. The van der Waals surface area contributed by atoms with Gasteiger partial charge in [0.05, 0.1) is 11.4 Å². The number of rotatable bonds is 5. The molecule has 128 valence electrons. The molecule has 1 heterocycles. The molecule has 2 aromatic carbocycles. The van der Waals surface area contributed by atoms with Crippen LogP contribution < -0.4 is 10.6 Å². The van der Waals surface area contributed by atoms with Crippen LogP contribution >= 0.6 is 11.3 Å². The van der Waals surface area contributed by atoms with Crippen molar-refractivity contribution in [1.29, 1.82) is 0 Å². The monoisotopic (exact) mass is 356 g/mol. The van der Waals surface area contributed by atoms with E-state index in [-0.39, 0.29) is 24.2 Å². The van der Waals surface area contributed by atoms with Crippen LogP contribution in [0.4, 0.5) is 10.1 Å². The number of hydrogen-bond donors (Lipinski definition) is 2. The molecule has 0 radical (unpaired) electrons. The minimum absolute atomic E-state index is 0.145. The van der Waals surface area contributed by atoms with Crippen molar-refractivity contribution in [1.82, 2.24) is 5.32 Å². The van der Waals surface area contributed by atoms with Crippen molar-refractivity contribution < 1.29 is 14.0 Å². The van der Waals surface area contributed by atoms with Crippen molar-refractivity contribution in [3.8, 4) is 0 Å². The van der Waals surface area contributed by atoms with Gasteiger partial charge in [-0.1, -0.05) is 31.2 Å². The minimum Gasteiger partial charge on any atom is -0.342 e. The molecule has 0 bridgehead atoms. The molecule has 0 unspecified atom stereocenters. The normalized spacial score (nSPS) is 10.6. The van der Waals surface area contributed by atoms with Crippen LogP contribution in [0.5, 0.6) is 0 Å². The van der Waals surface area contributed by atoms with E-state index in [9.17, 15) is 14.0 Å². The Morgan fingerprint density at radius 2 is 1.92 bits per heavy atom. The maximum Gasteiger partial charge on any atom is 0.261 e. The first-order valence-corrected chi connectivity index (χ1v) is 8.74. The quantitative estimate of drug-likeness (QED) is 0.727.